The molecule has 2 aromatic rings. The molecule has 0 heterocycles. The molecule has 0 bridgehead atoms. The Morgan fingerprint density at radius 1 is 0.611 bits per heavy atom. The van der Waals surface area contributed by atoms with Crippen LogP contribution in [0.1, 0.15) is 0 Å². The number of para-hydroxylation sites is 2. The summed E-state index contributed by atoms with van der Waals surface area (Å²) in [6.07, 6.45) is 0. The summed E-state index contributed by atoms with van der Waals surface area (Å²) in [6.45, 7) is 0. The average molecular weight is 250 g/mol. The van der Waals surface area contributed by atoms with Crippen molar-refractivity contribution in [2.24, 2.45) is 0 Å². The van der Waals surface area contributed by atoms with Crippen molar-refractivity contribution >= 4 is 11.4 Å². The SMILES string of the molecule is Nc1ccccc1N.Oc1cc(O)c(O)cc1O. The summed E-state index contributed by atoms with van der Waals surface area (Å²) in [5, 5.41) is 34.8. The van der Waals surface area contributed by atoms with Crippen LogP contribution in [0.5, 0.6) is 23.0 Å². The maximum absolute atomic E-state index is 8.70. The fourth-order valence-electron chi connectivity index (χ4n) is 1.07. The Balaban J connectivity index is 0.000000184. The van der Waals surface area contributed by atoms with Gasteiger partial charge in [-0.1, -0.05) is 12.1 Å². The van der Waals surface area contributed by atoms with Crippen LogP contribution in [-0.4, -0.2) is 20.4 Å². The molecule has 0 saturated carbocycles. The molecule has 96 valence electrons. The van der Waals surface area contributed by atoms with Crippen LogP contribution >= 0.6 is 0 Å². The van der Waals surface area contributed by atoms with Crippen molar-refractivity contribution < 1.29 is 20.4 Å². The third-order valence-electron chi connectivity index (χ3n) is 2.07. The van der Waals surface area contributed by atoms with Crippen molar-refractivity contribution in [3.05, 3.63) is 36.4 Å². The molecule has 0 aliphatic heterocycles. The van der Waals surface area contributed by atoms with Gasteiger partial charge in [0, 0.05) is 12.1 Å². The van der Waals surface area contributed by atoms with Crippen LogP contribution in [0.3, 0.4) is 0 Å². The van der Waals surface area contributed by atoms with E-state index in [0.29, 0.717) is 11.4 Å². The van der Waals surface area contributed by atoms with Gasteiger partial charge in [0.05, 0.1) is 11.4 Å². The molecule has 0 amide bonds. The van der Waals surface area contributed by atoms with E-state index < -0.39 is 23.0 Å². The molecule has 2 rings (SSSR count). The second-order valence-corrected chi connectivity index (χ2v) is 3.46. The number of aromatic hydroxyl groups is 4. The molecule has 8 N–H and O–H groups in total. The molecule has 2 aromatic carbocycles. The number of nitrogen functional groups attached to an aromatic ring is 2. The molecule has 6 heteroatoms. The Kier molecular flexibility index (Phi) is 4.09. The van der Waals surface area contributed by atoms with Gasteiger partial charge in [0.2, 0.25) is 0 Å². The zero-order valence-corrected chi connectivity index (χ0v) is 9.41. The third-order valence-corrected chi connectivity index (χ3v) is 2.07. The Morgan fingerprint density at radius 2 is 0.889 bits per heavy atom. The second kappa shape index (κ2) is 5.53. The lowest BCUT2D eigenvalue weighted by Gasteiger charge is -1.99. The highest BCUT2D eigenvalue weighted by atomic mass is 16.3. The lowest BCUT2D eigenvalue weighted by atomic mass is 10.3. The maximum atomic E-state index is 8.70. The minimum Gasteiger partial charge on any atom is -0.504 e. The molecule has 18 heavy (non-hydrogen) atoms. The van der Waals surface area contributed by atoms with Gasteiger partial charge < -0.3 is 31.9 Å². The predicted molar refractivity (Wildman–Crippen MR) is 68.4 cm³/mol. The van der Waals surface area contributed by atoms with Gasteiger partial charge in [-0.3, -0.25) is 0 Å². The first-order valence-corrected chi connectivity index (χ1v) is 4.95. The predicted octanol–water partition coefficient (Wildman–Crippen LogP) is 1.36. The van der Waals surface area contributed by atoms with E-state index in [-0.39, 0.29) is 0 Å². The topological polar surface area (TPSA) is 133 Å². The van der Waals surface area contributed by atoms with E-state index in [2.05, 4.69) is 0 Å². The maximum Gasteiger partial charge on any atom is 0.161 e. The summed E-state index contributed by atoms with van der Waals surface area (Å²) in [5.41, 5.74) is 12.1. The van der Waals surface area contributed by atoms with Gasteiger partial charge in [0.15, 0.2) is 23.0 Å². The number of benzene rings is 2. The molecule has 0 spiro atoms. The summed E-state index contributed by atoms with van der Waals surface area (Å²) in [6, 6.07) is 8.96. The molecule has 6 nitrogen and oxygen atoms in total. The molecule has 0 aliphatic rings. The van der Waals surface area contributed by atoms with E-state index >= 15 is 0 Å². The molecule has 0 saturated heterocycles. The number of phenols is 4. The second-order valence-electron chi connectivity index (χ2n) is 3.46. The highest BCUT2D eigenvalue weighted by Gasteiger charge is 2.04. The van der Waals surface area contributed by atoms with Gasteiger partial charge in [-0.05, 0) is 12.1 Å². The van der Waals surface area contributed by atoms with Crippen molar-refractivity contribution in [3.8, 4) is 23.0 Å². The molecule has 0 unspecified atom stereocenters. The first kappa shape index (κ1) is 13.3. The molecular weight excluding hydrogens is 236 g/mol. The Hall–Kier alpha value is -2.76. The summed E-state index contributed by atoms with van der Waals surface area (Å²) < 4.78 is 0. The molecule has 0 aliphatic carbocycles. The number of hydrogen-bond acceptors (Lipinski definition) is 6. The van der Waals surface area contributed by atoms with E-state index in [4.69, 9.17) is 31.9 Å². The largest absolute Gasteiger partial charge is 0.504 e. The minimum atomic E-state index is -0.463. The van der Waals surface area contributed by atoms with Crippen LogP contribution in [0.25, 0.3) is 0 Å². The highest BCUT2D eigenvalue weighted by molar-refractivity contribution is 5.62. The van der Waals surface area contributed by atoms with Gasteiger partial charge in [0.1, 0.15) is 0 Å². The lowest BCUT2D eigenvalue weighted by molar-refractivity contribution is 0.373. The van der Waals surface area contributed by atoms with Crippen molar-refractivity contribution in [2.75, 3.05) is 11.5 Å². The smallest absolute Gasteiger partial charge is 0.161 e. The quantitative estimate of drug-likeness (QED) is 0.237. The van der Waals surface area contributed by atoms with E-state index in [1.54, 1.807) is 12.1 Å². The van der Waals surface area contributed by atoms with Gasteiger partial charge in [-0.15, -0.1) is 0 Å². The zero-order chi connectivity index (χ0) is 13.7. The first-order valence-electron chi connectivity index (χ1n) is 4.95. The first-order chi connectivity index (χ1) is 8.41. The fourth-order valence-corrected chi connectivity index (χ4v) is 1.07. The molecular formula is C12H14N2O4. The molecule has 0 aromatic heterocycles. The van der Waals surface area contributed by atoms with Crippen molar-refractivity contribution in [1.82, 2.24) is 0 Å². The molecule has 0 atom stereocenters. The van der Waals surface area contributed by atoms with Crippen LogP contribution in [0, 0.1) is 0 Å². The lowest BCUT2D eigenvalue weighted by Crippen LogP contribution is -1.91. The fraction of sp³-hybridized carbons (Fsp3) is 0. The van der Waals surface area contributed by atoms with E-state index in [1.807, 2.05) is 12.1 Å². The minimum absolute atomic E-state index is 0.463. The Labute approximate surface area is 103 Å². The van der Waals surface area contributed by atoms with Crippen LogP contribution in [0.15, 0.2) is 36.4 Å². The van der Waals surface area contributed by atoms with Crippen molar-refractivity contribution in [3.63, 3.8) is 0 Å². The Morgan fingerprint density at radius 3 is 1.11 bits per heavy atom. The third kappa shape index (κ3) is 3.38. The standard InChI is InChI=1S/C6H8N2.C6H6O4/c7-5-3-1-2-4-6(5)8;7-3-1-4(8)6(10)2-5(3)9/h1-4H,7-8H2;1-2,7-10H. The highest BCUT2D eigenvalue weighted by Crippen LogP contribution is 2.35. The molecule has 0 fully saturated rings. The monoisotopic (exact) mass is 250 g/mol. The van der Waals surface area contributed by atoms with Gasteiger partial charge in [-0.2, -0.15) is 0 Å². The van der Waals surface area contributed by atoms with Crippen LogP contribution in [0.4, 0.5) is 11.4 Å². The summed E-state index contributed by atoms with van der Waals surface area (Å²) in [7, 11) is 0. The van der Waals surface area contributed by atoms with E-state index in [0.717, 1.165) is 12.1 Å². The van der Waals surface area contributed by atoms with Gasteiger partial charge in [-0.25, -0.2) is 0 Å². The van der Waals surface area contributed by atoms with Gasteiger partial charge >= 0.3 is 0 Å². The van der Waals surface area contributed by atoms with Crippen molar-refractivity contribution in [1.29, 1.82) is 0 Å². The summed E-state index contributed by atoms with van der Waals surface area (Å²) in [5.74, 6) is -1.85. The molecule has 0 radical (unpaired) electrons. The summed E-state index contributed by atoms with van der Waals surface area (Å²) in [4.78, 5) is 0. The van der Waals surface area contributed by atoms with E-state index in [1.165, 1.54) is 0 Å². The van der Waals surface area contributed by atoms with Crippen LogP contribution < -0.4 is 11.5 Å². The Bertz CT molecular complexity index is 472. The number of anilines is 2. The summed E-state index contributed by atoms with van der Waals surface area (Å²) >= 11 is 0. The van der Waals surface area contributed by atoms with Crippen molar-refractivity contribution in [2.45, 2.75) is 0 Å². The number of phenolic OH excluding ortho intramolecular Hbond substituents is 4. The van der Waals surface area contributed by atoms with E-state index in [9.17, 15) is 0 Å². The number of nitrogens with two attached hydrogens (primary N) is 2. The van der Waals surface area contributed by atoms with Gasteiger partial charge in [0.25, 0.3) is 0 Å². The number of rotatable bonds is 0. The average Bonchev–Trinajstić information content (AvgIpc) is 2.31. The number of hydrogen-bond donors (Lipinski definition) is 6. The zero-order valence-electron chi connectivity index (χ0n) is 9.41. The van der Waals surface area contributed by atoms with Crippen LogP contribution in [0.2, 0.25) is 0 Å². The van der Waals surface area contributed by atoms with Crippen LogP contribution in [-0.2, 0) is 0 Å². The normalized spacial score (nSPS) is 9.33.